The molecule has 0 spiro atoms. The Labute approximate surface area is 89.0 Å². The van der Waals surface area contributed by atoms with Gasteiger partial charge in [-0.1, -0.05) is 18.1 Å². The van der Waals surface area contributed by atoms with Crippen LogP contribution in [0.25, 0.3) is 6.08 Å². The fraction of sp³-hybridized carbons (Fsp3) is 0.0833. The third-order valence-electron chi connectivity index (χ3n) is 1.73. The van der Waals surface area contributed by atoms with E-state index in [1.54, 1.807) is 18.2 Å². The first-order valence-electron chi connectivity index (χ1n) is 4.47. The van der Waals surface area contributed by atoms with E-state index in [0.717, 1.165) is 5.56 Å². The zero-order chi connectivity index (χ0) is 11.1. The summed E-state index contributed by atoms with van der Waals surface area (Å²) in [5.41, 5.74) is 7.14. The Balaban J connectivity index is 2.54. The monoisotopic (exact) mass is 200 g/mol. The zero-order valence-corrected chi connectivity index (χ0v) is 8.23. The normalized spacial score (nSPS) is 9.80. The Morgan fingerprint density at radius 1 is 1.47 bits per heavy atom. The number of anilines is 1. The fourth-order valence-corrected chi connectivity index (χ4v) is 0.976. The molecule has 0 atom stereocenters. The lowest BCUT2D eigenvalue weighted by Crippen LogP contribution is -2.20. The third kappa shape index (κ3) is 4.01. The third-order valence-corrected chi connectivity index (χ3v) is 1.73. The van der Waals surface area contributed by atoms with Gasteiger partial charge in [0, 0.05) is 11.8 Å². The summed E-state index contributed by atoms with van der Waals surface area (Å²) in [6.07, 6.45) is 8.13. The number of carbonyl (C=O) groups excluding carboxylic acids is 1. The van der Waals surface area contributed by atoms with Crippen molar-refractivity contribution in [3.8, 4) is 12.3 Å². The van der Waals surface area contributed by atoms with Crippen molar-refractivity contribution in [3.05, 3.63) is 35.9 Å². The van der Waals surface area contributed by atoms with Gasteiger partial charge in [0.05, 0.1) is 6.54 Å². The standard InChI is InChI=1S/C12H12N2O/c1-2-9-14-12(15)8-5-10-3-6-11(13)7-4-10/h1,3-8H,9,13H2,(H,14,15)/b8-5+. The molecule has 0 aliphatic heterocycles. The highest BCUT2D eigenvalue weighted by atomic mass is 16.1. The van der Waals surface area contributed by atoms with Crippen LogP contribution in [0.3, 0.4) is 0 Å². The van der Waals surface area contributed by atoms with Crippen molar-refractivity contribution in [1.29, 1.82) is 0 Å². The Kier molecular flexibility index (Phi) is 3.99. The minimum atomic E-state index is -0.204. The van der Waals surface area contributed by atoms with Gasteiger partial charge in [0.15, 0.2) is 0 Å². The van der Waals surface area contributed by atoms with Gasteiger partial charge in [-0.15, -0.1) is 6.42 Å². The average molecular weight is 200 g/mol. The van der Waals surface area contributed by atoms with E-state index in [1.165, 1.54) is 6.08 Å². The van der Waals surface area contributed by atoms with Crippen LogP contribution >= 0.6 is 0 Å². The van der Waals surface area contributed by atoms with Gasteiger partial charge in [-0.05, 0) is 23.8 Å². The number of hydrogen-bond acceptors (Lipinski definition) is 2. The molecule has 0 heterocycles. The summed E-state index contributed by atoms with van der Waals surface area (Å²) in [5, 5.41) is 2.53. The van der Waals surface area contributed by atoms with E-state index in [0.29, 0.717) is 5.69 Å². The lowest BCUT2D eigenvalue weighted by Gasteiger charge is -1.96. The number of nitrogen functional groups attached to an aromatic ring is 1. The van der Waals surface area contributed by atoms with E-state index in [4.69, 9.17) is 12.2 Å². The molecule has 0 aliphatic rings. The van der Waals surface area contributed by atoms with Crippen molar-refractivity contribution in [2.75, 3.05) is 12.3 Å². The molecule has 0 unspecified atom stereocenters. The molecular weight excluding hydrogens is 188 g/mol. The van der Waals surface area contributed by atoms with Crippen molar-refractivity contribution in [2.24, 2.45) is 0 Å². The number of rotatable bonds is 3. The Hall–Kier alpha value is -2.21. The molecule has 0 bridgehead atoms. The number of nitrogens with one attached hydrogen (secondary N) is 1. The molecule has 1 aromatic rings. The predicted octanol–water partition coefficient (Wildman–Crippen LogP) is 1.03. The molecule has 0 radical (unpaired) electrons. The first-order valence-corrected chi connectivity index (χ1v) is 4.47. The predicted molar refractivity (Wildman–Crippen MR) is 61.7 cm³/mol. The number of carbonyl (C=O) groups is 1. The van der Waals surface area contributed by atoms with Crippen molar-refractivity contribution in [3.63, 3.8) is 0 Å². The van der Waals surface area contributed by atoms with E-state index < -0.39 is 0 Å². The van der Waals surface area contributed by atoms with Crippen molar-refractivity contribution >= 4 is 17.7 Å². The molecule has 76 valence electrons. The Morgan fingerprint density at radius 2 is 2.13 bits per heavy atom. The summed E-state index contributed by atoms with van der Waals surface area (Å²) in [6.45, 7) is 0.241. The molecular formula is C12H12N2O. The van der Waals surface area contributed by atoms with Gasteiger partial charge in [0.25, 0.3) is 0 Å². The number of terminal acetylenes is 1. The number of hydrogen-bond donors (Lipinski definition) is 2. The lowest BCUT2D eigenvalue weighted by atomic mass is 10.2. The van der Waals surface area contributed by atoms with Crippen molar-refractivity contribution in [1.82, 2.24) is 5.32 Å². The van der Waals surface area contributed by atoms with Crippen LogP contribution in [0.1, 0.15) is 5.56 Å². The second-order valence-corrected chi connectivity index (χ2v) is 2.92. The summed E-state index contributed by atoms with van der Waals surface area (Å²) in [7, 11) is 0. The maximum absolute atomic E-state index is 11.1. The summed E-state index contributed by atoms with van der Waals surface area (Å²) in [5.74, 6) is 2.12. The second-order valence-electron chi connectivity index (χ2n) is 2.92. The van der Waals surface area contributed by atoms with Gasteiger partial charge in [0.2, 0.25) is 5.91 Å². The highest BCUT2D eigenvalue weighted by Gasteiger charge is 1.92. The average Bonchev–Trinajstić information content (AvgIpc) is 2.25. The van der Waals surface area contributed by atoms with Crippen LogP contribution < -0.4 is 11.1 Å². The van der Waals surface area contributed by atoms with E-state index >= 15 is 0 Å². The van der Waals surface area contributed by atoms with Gasteiger partial charge in [-0.2, -0.15) is 0 Å². The number of benzene rings is 1. The summed E-state index contributed by atoms with van der Waals surface area (Å²) in [4.78, 5) is 11.1. The molecule has 0 aromatic heterocycles. The van der Waals surface area contributed by atoms with Gasteiger partial charge < -0.3 is 11.1 Å². The lowest BCUT2D eigenvalue weighted by molar-refractivity contribution is -0.116. The molecule has 3 nitrogen and oxygen atoms in total. The first kappa shape index (κ1) is 10.9. The van der Waals surface area contributed by atoms with Crippen LogP contribution in [-0.4, -0.2) is 12.5 Å². The minimum absolute atomic E-state index is 0.204. The molecule has 15 heavy (non-hydrogen) atoms. The molecule has 0 saturated heterocycles. The van der Waals surface area contributed by atoms with E-state index in [9.17, 15) is 4.79 Å². The van der Waals surface area contributed by atoms with Crippen LogP contribution in [0.2, 0.25) is 0 Å². The van der Waals surface area contributed by atoms with Crippen molar-refractivity contribution in [2.45, 2.75) is 0 Å². The zero-order valence-electron chi connectivity index (χ0n) is 8.23. The van der Waals surface area contributed by atoms with E-state index in [-0.39, 0.29) is 12.5 Å². The van der Waals surface area contributed by atoms with Gasteiger partial charge in [-0.3, -0.25) is 4.79 Å². The summed E-state index contributed by atoms with van der Waals surface area (Å²) in [6, 6.07) is 7.22. The summed E-state index contributed by atoms with van der Waals surface area (Å²) < 4.78 is 0. The molecule has 3 N–H and O–H groups in total. The number of amides is 1. The first-order chi connectivity index (χ1) is 7.22. The summed E-state index contributed by atoms with van der Waals surface area (Å²) >= 11 is 0. The van der Waals surface area contributed by atoms with Gasteiger partial charge in [0.1, 0.15) is 0 Å². The molecule has 1 aromatic carbocycles. The van der Waals surface area contributed by atoms with Crippen LogP contribution in [0, 0.1) is 12.3 Å². The van der Waals surface area contributed by atoms with Crippen LogP contribution in [-0.2, 0) is 4.79 Å². The molecule has 0 fully saturated rings. The topological polar surface area (TPSA) is 55.1 Å². The number of nitrogens with two attached hydrogens (primary N) is 1. The van der Waals surface area contributed by atoms with E-state index in [2.05, 4.69) is 11.2 Å². The van der Waals surface area contributed by atoms with Crippen LogP contribution in [0.15, 0.2) is 30.3 Å². The van der Waals surface area contributed by atoms with Crippen LogP contribution in [0.4, 0.5) is 5.69 Å². The second kappa shape index (κ2) is 5.51. The molecule has 0 saturated carbocycles. The molecule has 1 rings (SSSR count). The largest absolute Gasteiger partial charge is 0.399 e. The molecule has 3 heteroatoms. The maximum Gasteiger partial charge on any atom is 0.244 e. The highest BCUT2D eigenvalue weighted by Crippen LogP contribution is 2.06. The highest BCUT2D eigenvalue weighted by molar-refractivity contribution is 5.91. The van der Waals surface area contributed by atoms with Crippen LogP contribution in [0.5, 0.6) is 0 Å². The van der Waals surface area contributed by atoms with Gasteiger partial charge in [-0.25, -0.2) is 0 Å². The Bertz CT molecular complexity index is 399. The minimum Gasteiger partial charge on any atom is -0.399 e. The molecule has 0 aliphatic carbocycles. The van der Waals surface area contributed by atoms with Crippen molar-refractivity contribution < 1.29 is 4.79 Å². The van der Waals surface area contributed by atoms with E-state index in [1.807, 2.05) is 12.1 Å². The SMILES string of the molecule is C#CCNC(=O)/C=C/c1ccc(N)cc1. The fourth-order valence-electron chi connectivity index (χ4n) is 0.976. The molecule has 1 amide bonds. The smallest absolute Gasteiger partial charge is 0.244 e. The quantitative estimate of drug-likeness (QED) is 0.435. The maximum atomic E-state index is 11.1. The Morgan fingerprint density at radius 3 is 2.73 bits per heavy atom. The van der Waals surface area contributed by atoms with Gasteiger partial charge >= 0.3 is 0 Å².